The van der Waals surface area contributed by atoms with Crippen LogP contribution in [0.1, 0.15) is 149 Å². The summed E-state index contributed by atoms with van der Waals surface area (Å²) in [6, 6.07) is 0. The van der Waals surface area contributed by atoms with E-state index < -0.39 is 20.0 Å². The SMILES string of the molecule is CCCCCCCCCCCCCCCCCCCCCCOC[C@H](COP(=O)(OCC)OCC)OC(=O)N(C)C. The fourth-order valence-corrected chi connectivity index (χ4v) is 5.85. The van der Waals surface area contributed by atoms with Gasteiger partial charge in [0.15, 0.2) is 6.10 Å². The Labute approximate surface area is 253 Å². The smallest absolute Gasteiger partial charge is 0.441 e. The summed E-state index contributed by atoms with van der Waals surface area (Å²) in [5.74, 6) is 0. The molecular weight excluding hydrogens is 541 g/mol. The first-order valence-electron chi connectivity index (χ1n) is 16.9. The van der Waals surface area contributed by atoms with Crippen molar-refractivity contribution >= 4 is 13.9 Å². The lowest BCUT2D eigenvalue weighted by Gasteiger charge is -2.23. The third-order valence-electron chi connectivity index (χ3n) is 7.07. The van der Waals surface area contributed by atoms with Gasteiger partial charge in [0.05, 0.1) is 26.4 Å². The Kier molecular flexibility index (Phi) is 28.9. The summed E-state index contributed by atoms with van der Waals surface area (Å²) in [6.07, 6.45) is 25.8. The highest BCUT2D eigenvalue weighted by Crippen LogP contribution is 2.49. The maximum Gasteiger partial charge on any atom is 0.474 e. The Morgan fingerprint density at radius 2 is 0.976 bits per heavy atom. The largest absolute Gasteiger partial charge is 0.474 e. The molecule has 0 aromatic carbocycles. The molecule has 0 rings (SSSR count). The number of rotatable bonds is 31. The van der Waals surface area contributed by atoms with Gasteiger partial charge in [-0.2, -0.15) is 0 Å². The van der Waals surface area contributed by atoms with Crippen LogP contribution >= 0.6 is 7.82 Å². The highest BCUT2D eigenvalue weighted by molar-refractivity contribution is 7.48. The molecule has 0 aromatic heterocycles. The van der Waals surface area contributed by atoms with Gasteiger partial charge in [0, 0.05) is 20.7 Å². The van der Waals surface area contributed by atoms with Crippen molar-refractivity contribution in [3.05, 3.63) is 0 Å². The quantitative estimate of drug-likeness (QED) is 0.0573. The average molecular weight is 608 g/mol. The molecule has 0 spiro atoms. The summed E-state index contributed by atoms with van der Waals surface area (Å²) in [7, 11) is -0.477. The zero-order chi connectivity index (χ0) is 30.4. The van der Waals surface area contributed by atoms with Gasteiger partial charge in [0.2, 0.25) is 0 Å². The van der Waals surface area contributed by atoms with E-state index in [0.717, 1.165) is 12.8 Å². The number of carbonyl (C=O) groups excluding carboxylic acids is 1. The predicted molar refractivity (Wildman–Crippen MR) is 170 cm³/mol. The molecular formula is C32H66NO7P. The number of unbranched alkanes of at least 4 members (excludes halogenated alkanes) is 19. The van der Waals surface area contributed by atoms with Gasteiger partial charge >= 0.3 is 13.9 Å². The van der Waals surface area contributed by atoms with Crippen LogP contribution in [-0.2, 0) is 27.6 Å². The predicted octanol–water partition coefficient (Wildman–Crippen LogP) is 10.1. The second kappa shape index (κ2) is 29.4. The highest BCUT2D eigenvalue weighted by atomic mass is 31.2. The van der Waals surface area contributed by atoms with E-state index in [4.69, 9.17) is 23.0 Å². The van der Waals surface area contributed by atoms with Crippen LogP contribution in [0.15, 0.2) is 0 Å². The molecule has 0 saturated heterocycles. The second-order valence-electron chi connectivity index (χ2n) is 11.3. The number of hydrogen-bond donors (Lipinski definition) is 0. The molecule has 0 aliphatic rings. The number of amides is 1. The second-order valence-corrected chi connectivity index (χ2v) is 12.9. The first kappa shape index (κ1) is 40.3. The molecule has 0 unspecified atom stereocenters. The van der Waals surface area contributed by atoms with E-state index in [1.54, 1.807) is 27.9 Å². The molecule has 0 aliphatic heterocycles. The van der Waals surface area contributed by atoms with Crippen molar-refractivity contribution in [2.75, 3.05) is 47.1 Å². The van der Waals surface area contributed by atoms with Crippen LogP contribution < -0.4 is 0 Å². The van der Waals surface area contributed by atoms with Gasteiger partial charge in [-0.05, 0) is 20.3 Å². The molecule has 0 aromatic rings. The zero-order valence-electron chi connectivity index (χ0n) is 27.5. The summed E-state index contributed by atoms with van der Waals surface area (Å²) in [5, 5.41) is 0. The van der Waals surface area contributed by atoms with Gasteiger partial charge in [-0.3, -0.25) is 13.6 Å². The van der Waals surface area contributed by atoms with Gasteiger partial charge in [0.1, 0.15) is 0 Å². The molecule has 246 valence electrons. The molecule has 0 fully saturated rings. The Morgan fingerprint density at radius 3 is 1.34 bits per heavy atom. The topological polar surface area (TPSA) is 83.5 Å². The van der Waals surface area contributed by atoms with Crippen molar-refractivity contribution in [3.8, 4) is 0 Å². The average Bonchev–Trinajstić information content (AvgIpc) is 2.94. The minimum absolute atomic E-state index is 0.129. The number of hydrogen-bond acceptors (Lipinski definition) is 7. The van der Waals surface area contributed by atoms with Crippen molar-refractivity contribution < 1.29 is 32.4 Å². The minimum atomic E-state index is -3.68. The van der Waals surface area contributed by atoms with Crippen molar-refractivity contribution in [1.82, 2.24) is 4.90 Å². The minimum Gasteiger partial charge on any atom is -0.441 e. The Hall–Kier alpha value is -0.660. The first-order valence-corrected chi connectivity index (χ1v) is 18.3. The lowest BCUT2D eigenvalue weighted by atomic mass is 10.0. The Morgan fingerprint density at radius 1 is 0.585 bits per heavy atom. The third kappa shape index (κ3) is 26.7. The zero-order valence-corrected chi connectivity index (χ0v) is 28.4. The normalized spacial score (nSPS) is 12.5. The molecule has 0 saturated carbocycles. The van der Waals surface area contributed by atoms with Crippen LogP contribution in [0.2, 0.25) is 0 Å². The number of ether oxygens (including phenoxy) is 2. The lowest BCUT2D eigenvalue weighted by Crippen LogP contribution is -2.33. The van der Waals surface area contributed by atoms with E-state index in [1.165, 1.54) is 120 Å². The number of nitrogens with zero attached hydrogens (tertiary/aromatic N) is 1. The maximum absolute atomic E-state index is 12.6. The van der Waals surface area contributed by atoms with E-state index in [2.05, 4.69) is 6.92 Å². The van der Waals surface area contributed by atoms with E-state index >= 15 is 0 Å². The third-order valence-corrected chi connectivity index (χ3v) is 8.69. The Balaban J connectivity index is 3.72. The van der Waals surface area contributed by atoms with Crippen molar-refractivity contribution in [3.63, 3.8) is 0 Å². The molecule has 0 aliphatic carbocycles. The van der Waals surface area contributed by atoms with E-state index in [1.807, 2.05) is 0 Å². The maximum atomic E-state index is 12.6. The first-order chi connectivity index (χ1) is 19.9. The van der Waals surface area contributed by atoms with E-state index in [0.29, 0.717) is 6.61 Å². The summed E-state index contributed by atoms with van der Waals surface area (Å²) in [6.45, 7) is 6.71. The fourth-order valence-electron chi connectivity index (χ4n) is 4.64. The number of phosphoric ester groups is 1. The lowest BCUT2D eigenvalue weighted by molar-refractivity contribution is -0.0192. The summed E-state index contributed by atoms with van der Waals surface area (Å²) in [4.78, 5) is 13.3. The molecule has 0 radical (unpaired) electrons. The molecule has 8 nitrogen and oxygen atoms in total. The molecule has 0 heterocycles. The molecule has 9 heteroatoms. The summed E-state index contributed by atoms with van der Waals surface area (Å²) < 4.78 is 39.4. The van der Waals surface area contributed by atoms with E-state index in [9.17, 15) is 9.36 Å². The van der Waals surface area contributed by atoms with Crippen LogP contribution in [0.5, 0.6) is 0 Å². The fraction of sp³-hybridized carbons (Fsp3) is 0.969. The molecule has 0 bridgehead atoms. The number of carbonyl (C=O) groups is 1. The number of phosphoric acid groups is 1. The monoisotopic (exact) mass is 607 g/mol. The molecule has 41 heavy (non-hydrogen) atoms. The van der Waals surface area contributed by atoms with Crippen molar-refractivity contribution in [1.29, 1.82) is 0 Å². The Bertz CT molecular complexity index is 611. The van der Waals surface area contributed by atoms with Crippen LogP contribution in [0.3, 0.4) is 0 Å². The standard InChI is InChI=1S/C32H66NO7P/c1-6-9-10-11-12-13-14-15-16-17-18-19-20-21-22-23-24-25-26-27-28-36-29-31(40-32(34)33(4)5)30-39-41(35,37-7-2)38-8-3/h31H,6-30H2,1-5H3/t31-/m1/s1. The summed E-state index contributed by atoms with van der Waals surface area (Å²) in [5.41, 5.74) is 0. The van der Waals surface area contributed by atoms with Gasteiger partial charge in [-0.25, -0.2) is 9.36 Å². The van der Waals surface area contributed by atoms with Gasteiger partial charge in [-0.15, -0.1) is 0 Å². The van der Waals surface area contributed by atoms with Crippen LogP contribution in [-0.4, -0.2) is 64.2 Å². The van der Waals surface area contributed by atoms with Crippen molar-refractivity contribution in [2.45, 2.75) is 155 Å². The molecule has 0 N–H and O–H groups in total. The molecule has 1 atom stereocenters. The van der Waals surface area contributed by atoms with Crippen LogP contribution in [0, 0.1) is 0 Å². The highest BCUT2D eigenvalue weighted by Gasteiger charge is 2.28. The van der Waals surface area contributed by atoms with Crippen LogP contribution in [0.25, 0.3) is 0 Å². The summed E-state index contributed by atoms with van der Waals surface area (Å²) >= 11 is 0. The van der Waals surface area contributed by atoms with Gasteiger partial charge in [0.25, 0.3) is 0 Å². The van der Waals surface area contributed by atoms with Gasteiger partial charge < -0.3 is 14.4 Å². The van der Waals surface area contributed by atoms with E-state index in [-0.39, 0.29) is 26.4 Å². The van der Waals surface area contributed by atoms with Crippen molar-refractivity contribution in [2.24, 2.45) is 0 Å². The van der Waals surface area contributed by atoms with Crippen LogP contribution in [0.4, 0.5) is 4.79 Å². The van der Waals surface area contributed by atoms with Gasteiger partial charge in [-0.1, -0.05) is 129 Å². The molecule has 1 amide bonds.